The second-order valence-corrected chi connectivity index (χ2v) is 16.5. The van der Waals surface area contributed by atoms with Gasteiger partial charge in [0.05, 0.1) is 36.8 Å². The number of nitrogens with zero attached hydrogens (tertiary/aromatic N) is 4. The Kier molecular flexibility index (Phi) is 22.3. The van der Waals surface area contributed by atoms with Crippen molar-refractivity contribution in [2.24, 2.45) is 0 Å². The van der Waals surface area contributed by atoms with Crippen molar-refractivity contribution >= 4 is 71.6 Å². The van der Waals surface area contributed by atoms with Crippen LogP contribution in [-0.4, -0.2) is 102 Å². The summed E-state index contributed by atoms with van der Waals surface area (Å²) in [6.45, 7) is 0. The molecule has 0 fully saturated rings. The fourth-order valence-corrected chi connectivity index (χ4v) is 7.46. The molecule has 67 heavy (non-hydrogen) atoms. The number of alkyl halides is 2. The topological polar surface area (TPSA) is 119 Å². The number of rotatable bonds is 7. The minimum atomic E-state index is -0.342. The summed E-state index contributed by atoms with van der Waals surface area (Å²) in [5.41, 5.74) is 11.6. The van der Waals surface area contributed by atoms with Crippen LogP contribution in [0, 0.1) is 0 Å². The van der Waals surface area contributed by atoms with Crippen LogP contribution >= 0.6 is 23.2 Å². The summed E-state index contributed by atoms with van der Waals surface area (Å²) in [6.07, 6.45) is 0. The number of carbonyl (C=O) groups is 2. The molecular formula is C51H56BCl3N4NaO7. The Balaban J connectivity index is 0.000000601. The van der Waals surface area contributed by atoms with Crippen LogP contribution < -0.4 is 71.3 Å². The van der Waals surface area contributed by atoms with Crippen LogP contribution in [0.5, 0.6) is 11.5 Å². The van der Waals surface area contributed by atoms with Gasteiger partial charge in [0.1, 0.15) is 36.9 Å². The molecule has 0 aromatic heterocycles. The summed E-state index contributed by atoms with van der Waals surface area (Å²) < 4.78 is 24.4. The predicted octanol–water partition coefficient (Wildman–Crippen LogP) is 3.32. The third kappa shape index (κ3) is 13.1. The number of methoxy groups -OCH3 is 2. The average molecular weight is 977 g/mol. The molecule has 0 unspecified atom stereocenters. The van der Waals surface area contributed by atoms with Crippen molar-refractivity contribution in [1.29, 1.82) is 0 Å². The monoisotopic (exact) mass is 975 g/mol. The van der Waals surface area contributed by atoms with Crippen LogP contribution in [0.1, 0.15) is 44.8 Å². The Morgan fingerprint density at radius 2 is 1.10 bits per heavy atom. The molecule has 0 amide bonds. The predicted molar refractivity (Wildman–Crippen MR) is 268 cm³/mol. The number of carbonyl (C=O) groups excluding carboxylic acids is 2. The van der Waals surface area contributed by atoms with E-state index < -0.39 is 0 Å². The molecule has 2 aliphatic heterocycles. The minimum absolute atomic E-state index is 0. The number of esters is 2. The van der Waals surface area contributed by atoms with E-state index in [1.165, 1.54) is 14.2 Å². The van der Waals surface area contributed by atoms with Crippen molar-refractivity contribution in [1.82, 2.24) is 4.58 Å². The molecular weight excluding hydrogens is 921 g/mol. The van der Waals surface area contributed by atoms with Crippen molar-refractivity contribution < 1.29 is 77.1 Å². The Bertz CT molecular complexity index is 2750. The van der Waals surface area contributed by atoms with Gasteiger partial charge in [0.15, 0.2) is 0 Å². The first-order valence-corrected chi connectivity index (χ1v) is 21.2. The number of benzene rings is 6. The standard InChI is InChI=1S/C25H26N2O3.C25H25N2O3.CH2Cl2.B.ClH.Na.H2O.H/c2*1-26(2)18-10-12-20-22(14-18)30-23-15-19(27(3)4)11-13-21(23)24(20)16-6-8-17(9-7-16)25(28)29-5;2-1-3;;;;;/h6-15,24H,1-5H3;6-15H,1-5H3;1H2;;1H;;1H2;/q;+1;;;;+1;;-1/p-1. The number of ether oxygens (including phenoxy) is 3. The molecule has 8 rings (SSSR count). The molecule has 2 heterocycles. The van der Waals surface area contributed by atoms with E-state index in [-0.39, 0.29) is 80.5 Å². The first-order chi connectivity index (χ1) is 30.2. The molecule has 5 aromatic carbocycles. The van der Waals surface area contributed by atoms with Gasteiger partial charge in [-0.3, -0.25) is 0 Å². The van der Waals surface area contributed by atoms with E-state index in [4.69, 9.17) is 41.8 Å². The zero-order valence-electron chi connectivity index (χ0n) is 40.8. The van der Waals surface area contributed by atoms with E-state index >= 15 is 0 Å². The van der Waals surface area contributed by atoms with Gasteiger partial charge in [-0.2, -0.15) is 0 Å². The number of hydrogen-bond acceptors (Lipinski definition) is 9. The molecule has 0 spiro atoms. The first kappa shape index (κ1) is 58.0. The number of halogens is 3. The quantitative estimate of drug-likeness (QED) is 0.0780. The third-order valence-corrected chi connectivity index (χ3v) is 10.9. The van der Waals surface area contributed by atoms with Gasteiger partial charge >= 0.3 is 41.5 Å². The summed E-state index contributed by atoms with van der Waals surface area (Å²) in [6, 6.07) is 40.3. The van der Waals surface area contributed by atoms with Crippen LogP contribution in [0.4, 0.5) is 17.1 Å². The van der Waals surface area contributed by atoms with Gasteiger partial charge in [-0.05, 0) is 65.7 Å². The zero-order valence-corrected chi connectivity index (χ0v) is 44.0. The summed E-state index contributed by atoms with van der Waals surface area (Å²) >= 11 is 9.53. The summed E-state index contributed by atoms with van der Waals surface area (Å²) in [5, 5.41) is 2.29. The first-order valence-electron chi connectivity index (χ1n) is 20.2. The SMILES string of the molecule is COC(=O)c1ccc(-c2c3ccc(=[N+](C)C)cc-3oc3cc(N(C)C)ccc23)cc1.COC(=O)c1ccc(C2c3ccc(N(C)C)cc3Oc3cc(N(C)C)ccc32)cc1.ClCCl.O.[B].[Cl-].[H-].[Na+]. The molecule has 0 saturated heterocycles. The molecule has 0 bridgehead atoms. The molecule has 3 radical (unpaired) electrons. The van der Waals surface area contributed by atoms with E-state index in [2.05, 4.69) is 92.1 Å². The molecule has 16 heteroatoms. The van der Waals surface area contributed by atoms with Crippen molar-refractivity contribution in [3.8, 4) is 33.9 Å². The summed E-state index contributed by atoms with van der Waals surface area (Å²) in [5.74, 6) is 1.86. The van der Waals surface area contributed by atoms with E-state index in [0.717, 1.165) is 84.0 Å². The Morgan fingerprint density at radius 1 is 0.657 bits per heavy atom. The zero-order chi connectivity index (χ0) is 45.5. The van der Waals surface area contributed by atoms with Gasteiger partial charge in [-0.1, -0.05) is 36.4 Å². The van der Waals surface area contributed by atoms with Gasteiger partial charge < -0.3 is 52.6 Å². The maximum Gasteiger partial charge on any atom is 1.00 e. The van der Waals surface area contributed by atoms with Crippen molar-refractivity contribution in [3.63, 3.8) is 0 Å². The molecule has 347 valence electrons. The van der Waals surface area contributed by atoms with Gasteiger partial charge in [-0.15, -0.1) is 23.2 Å². The maximum absolute atomic E-state index is 11.8. The summed E-state index contributed by atoms with van der Waals surface area (Å²) in [7, 11) is 18.9. The fourth-order valence-electron chi connectivity index (χ4n) is 7.46. The van der Waals surface area contributed by atoms with E-state index in [0.29, 0.717) is 11.1 Å². The second-order valence-electron chi connectivity index (χ2n) is 15.7. The molecule has 0 saturated carbocycles. The van der Waals surface area contributed by atoms with E-state index in [9.17, 15) is 9.59 Å². The van der Waals surface area contributed by atoms with Crippen LogP contribution in [0.15, 0.2) is 126 Å². The van der Waals surface area contributed by atoms with Crippen LogP contribution in [0.3, 0.4) is 0 Å². The molecule has 3 aliphatic rings. The minimum Gasteiger partial charge on any atom is -1.00 e. The van der Waals surface area contributed by atoms with Gasteiger partial charge in [0, 0.05) is 126 Å². The van der Waals surface area contributed by atoms with Crippen molar-refractivity contribution in [2.75, 3.05) is 90.6 Å². The molecule has 2 N–H and O–H groups in total. The second kappa shape index (κ2) is 25.8. The van der Waals surface area contributed by atoms with Crippen molar-refractivity contribution in [2.45, 2.75) is 5.92 Å². The number of fused-ring (bicyclic) bond motifs is 4. The number of anilines is 3. The largest absolute Gasteiger partial charge is 1.00 e. The maximum atomic E-state index is 11.8. The van der Waals surface area contributed by atoms with Crippen molar-refractivity contribution in [3.05, 3.63) is 155 Å². The number of hydrogen-bond donors (Lipinski definition) is 0. The normalized spacial score (nSPS) is 10.7. The molecule has 11 nitrogen and oxygen atoms in total. The molecule has 5 aromatic rings. The third-order valence-electron chi connectivity index (χ3n) is 10.9. The van der Waals surface area contributed by atoms with Crippen LogP contribution in [-0.2, 0) is 9.47 Å². The Labute approximate surface area is 435 Å². The average Bonchev–Trinajstić information content (AvgIpc) is 3.29. The smallest absolute Gasteiger partial charge is 1.00 e. The van der Waals surface area contributed by atoms with Crippen LogP contribution in [0.25, 0.3) is 33.4 Å². The summed E-state index contributed by atoms with van der Waals surface area (Å²) in [4.78, 5) is 29.9. The Morgan fingerprint density at radius 3 is 1.55 bits per heavy atom. The fraction of sp³-hybridized carbons (Fsp3) is 0.235. The van der Waals surface area contributed by atoms with Gasteiger partial charge in [0.25, 0.3) is 0 Å². The van der Waals surface area contributed by atoms with Gasteiger partial charge in [0.2, 0.25) is 5.36 Å². The molecule has 1 aliphatic carbocycles. The van der Waals surface area contributed by atoms with Gasteiger partial charge in [-0.25, -0.2) is 14.2 Å². The Hall–Kier alpha value is -5.18. The van der Waals surface area contributed by atoms with E-state index in [1.54, 1.807) is 12.1 Å². The van der Waals surface area contributed by atoms with E-state index in [1.807, 2.05) is 92.8 Å². The van der Waals surface area contributed by atoms with Crippen LogP contribution in [0.2, 0.25) is 0 Å². The molecule has 0 atom stereocenters.